The van der Waals surface area contributed by atoms with Gasteiger partial charge in [-0.3, -0.25) is 14.5 Å². The van der Waals surface area contributed by atoms with E-state index in [1.165, 1.54) is 23.1 Å². The topological polar surface area (TPSA) is 80.0 Å². The van der Waals surface area contributed by atoms with Gasteiger partial charge in [0, 0.05) is 19.3 Å². The minimum Gasteiger partial charge on any atom is -0.505 e. The molecule has 2 rings (SSSR count). The van der Waals surface area contributed by atoms with Crippen LogP contribution in [-0.4, -0.2) is 25.8 Å². The number of carbonyl (C=O) groups is 1. The zero-order valence-electron chi connectivity index (χ0n) is 8.58. The molecule has 0 spiro atoms. The normalized spacial score (nSPS) is 10.1. The third-order valence-corrected chi connectivity index (χ3v) is 2.11. The van der Waals surface area contributed by atoms with E-state index in [9.17, 15) is 9.90 Å². The van der Waals surface area contributed by atoms with Crippen LogP contribution in [0.1, 0.15) is 10.4 Å². The van der Waals surface area contributed by atoms with Crippen molar-refractivity contribution in [3.63, 3.8) is 0 Å². The third kappa shape index (κ3) is 1.85. The second kappa shape index (κ2) is 4.01. The Kier molecular flexibility index (Phi) is 2.55. The number of hydrogen-bond donors (Lipinski definition) is 2. The van der Waals surface area contributed by atoms with Crippen molar-refractivity contribution in [3.8, 4) is 5.75 Å². The first kappa shape index (κ1) is 10.2. The molecule has 0 fully saturated rings. The lowest BCUT2D eigenvalue weighted by Crippen LogP contribution is -2.14. The fourth-order valence-corrected chi connectivity index (χ4v) is 1.26. The monoisotopic (exact) mass is 218 g/mol. The second-order valence-corrected chi connectivity index (χ2v) is 3.19. The van der Waals surface area contributed by atoms with Crippen LogP contribution in [-0.2, 0) is 7.05 Å². The Labute approximate surface area is 91.6 Å². The number of rotatable bonds is 2. The smallest absolute Gasteiger partial charge is 0.260 e. The van der Waals surface area contributed by atoms with E-state index in [1.54, 1.807) is 19.3 Å². The van der Waals surface area contributed by atoms with Crippen molar-refractivity contribution in [1.82, 2.24) is 14.8 Å². The minimum absolute atomic E-state index is 0.151. The molecule has 2 heterocycles. The molecule has 0 radical (unpaired) electrons. The van der Waals surface area contributed by atoms with E-state index in [0.29, 0.717) is 5.82 Å². The van der Waals surface area contributed by atoms with E-state index in [4.69, 9.17) is 0 Å². The first-order valence-corrected chi connectivity index (χ1v) is 4.61. The summed E-state index contributed by atoms with van der Waals surface area (Å²) >= 11 is 0. The number of carbonyl (C=O) groups excluding carboxylic acids is 1. The molecule has 0 unspecified atom stereocenters. The van der Waals surface area contributed by atoms with Crippen molar-refractivity contribution >= 4 is 11.7 Å². The number of amides is 1. The fraction of sp³-hybridized carbons (Fsp3) is 0.100. The van der Waals surface area contributed by atoms with Crippen molar-refractivity contribution in [3.05, 3.63) is 36.3 Å². The fourth-order valence-electron chi connectivity index (χ4n) is 1.26. The summed E-state index contributed by atoms with van der Waals surface area (Å²) in [5.74, 6) is 0.00637. The molecule has 0 aromatic carbocycles. The van der Waals surface area contributed by atoms with Gasteiger partial charge in [0.05, 0.1) is 18.0 Å². The number of aromatic hydroxyl groups is 1. The summed E-state index contributed by atoms with van der Waals surface area (Å²) in [6, 6.07) is 3.11. The average molecular weight is 218 g/mol. The molecule has 82 valence electrons. The van der Waals surface area contributed by atoms with E-state index in [0.717, 1.165) is 0 Å². The number of hydrogen-bond acceptors (Lipinski definition) is 4. The van der Waals surface area contributed by atoms with E-state index in [-0.39, 0.29) is 11.3 Å². The molecule has 0 saturated heterocycles. The SMILES string of the molecule is Cn1nccc1NC(=O)c1ccncc1O. The van der Waals surface area contributed by atoms with Gasteiger partial charge in [-0.15, -0.1) is 0 Å². The number of pyridine rings is 1. The van der Waals surface area contributed by atoms with Gasteiger partial charge in [-0.05, 0) is 6.07 Å². The van der Waals surface area contributed by atoms with E-state index in [2.05, 4.69) is 15.4 Å². The third-order valence-electron chi connectivity index (χ3n) is 2.11. The maximum atomic E-state index is 11.7. The molecule has 2 aromatic heterocycles. The summed E-state index contributed by atoms with van der Waals surface area (Å²) < 4.78 is 1.52. The molecule has 1 amide bonds. The number of nitrogens with one attached hydrogen (secondary N) is 1. The Bertz CT molecular complexity index is 521. The summed E-state index contributed by atoms with van der Waals surface area (Å²) in [5.41, 5.74) is 0.177. The van der Waals surface area contributed by atoms with Crippen LogP contribution in [0.5, 0.6) is 5.75 Å². The van der Waals surface area contributed by atoms with Crippen LogP contribution < -0.4 is 5.32 Å². The van der Waals surface area contributed by atoms with Gasteiger partial charge in [0.25, 0.3) is 5.91 Å². The van der Waals surface area contributed by atoms with E-state index in [1.807, 2.05) is 0 Å². The Morgan fingerprint density at radius 3 is 2.88 bits per heavy atom. The predicted octanol–water partition coefficient (Wildman–Crippen LogP) is 0.773. The lowest BCUT2D eigenvalue weighted by Gasteiger charge is -2.05. The number of anilines is 1. The lowest BCUT2D eigenvalue weighted by atomic mass is 10.2. The van der Waals surface area contributed by atoms with E-state index < -0.39 is 5.91 Å². The first-order chi connectivity index (χ1) is 7.68. The highest BCUT2D eigenvalue weighted by molar-refractivity contribution is 6.05. The van der Waals surface area contributed by atoms with Gasteiger partial charge in [0.1, 0.15) is 11.6 Å². The molecular weight excluding hydrogens is 208 g/mol. The largest absolute Gasteiger partial charge is 0.505 e. The number of nitrogens with zero attached hydrogens (tertiary/aromatic N) is 3. The molecule has 2 N–H and O–H groups in total. The maximum absolute atomic E-state index is 11.7. The van der Waals surface area contributed by atoms with Crippen LogP contribution in [0, 0.1) is 0 Å². The molecule has 2 aromatic rings. The van der Waals surface area contributed by atoms with Gasteiger partial charge in [0.15, 0.2) is 0 Å². The highest BCUT2D eigenvalue weighted by Crippen LogP contribution is 2.15. The van der Waals surface area contributed by atoms with Crippen molar-refractivity contribution in [1.29, 1.82) is 0 Å². The summed E-state index contributed by atoms with van der Waals surface area (Å²) in [6.07, 6.45) is 4.23. The van der Waals surface area contributed by atoms with Crippen molar-refractivity contribution in [2.75, 3.05) is 5.32 Å². The van der Waals surface area contributed by atoms with E-state index >= 15 is 0 Å². The summed E-state index contributed by atoms with van der Waals surface area (Å²) in [4.78, 5) is 15.4. The summed E-state index contributed by atoms with van der Waals surface area (Å²) in [5, 5.41) is 16.0. The van der Waals surface area contributed by atoms with Crippen LogP contribution in [0.2, 0.25) is 0 Å². The molecule has 6 nitrogen and oxygen atoms in total. The Hall–Kier alpha value is -2.37. The van der Waals surface area contributed by atoms with Crippen LogP contribution in [0.15, 0.2) is 30.7 Å². The van der Waals surface area contributed by atoms with Crippen molar-refractivity contribution in [2.24, 2.45) is 7.05 Å². The predicted molar refractivity (Wildman–Crippen MR) is 57.1 cm³/mol. The highest BCUT2D eigenvalue weighted by atomic mass is 16.3. The lowest BCUT2D eigenvalue weighted by molar-refractivity contribution is 0.102. The Morgan fingerprint density at radius 2 is 2.25 bits per heavy atom. The van der Waals surface area contributed by atoms with Gasteiger partial charge in [-0.2, -0.15) is 5.10 Å². The quantitative estimate of drug-likeness (QED) is 0.780. The molecule has 0 atom stereocenters. The van der Waals surface area contributed by atoms with Gasteiger partial charge in [-0.25, -0.2) is 0 Å². The van der Waals surface area contributed by atoms with Crippen molar-refractivity contribution in [2.45, 2.75) is 0 Å². The molecule has 16 heavy (non-hydrogen) atoms. The Morgan fingerprint density at radius 1 is 1.44 bits per heavy atom. The molecular formula is C10H10N4O2. The molecule has 0 bridgehead atoms. The van der Waals surface area contributed by atoms with Crippen LogP contribution >= 0.6 is 0 Å². The number of aromatic nitrogens is 3. The zero-order chi connectivity index (χ0) is 11.5. The van der Waals surface area contributed by atoms with Gasteiger partial charge in [-0.1, -0.05) is 0 Å². The van der Waals surface area contributed by atoms with Crippen LogP contribution in [0.25, 0.3) is 0 Å². The zero-order valence-corrected chi connectivity index (χ0v) is 8.58. The Balaban J connectivity index is 2.22. The highest BCUT2D eigenvalue weighted by Gasteiger charge is 2.11. The second-order valence-electron chi connectivity index (χ2n) is 3.19. The molecule has 6 heteroatoms. The van der Waals surface area contributed by atoms with Crippen LogP contribution in [0.3, 0.4) is 0 Å². The average Bonchev–Trinajstić information content (AvgIpc) is 2.65. The molecule has 0 aliphatic heterocycles. The standard InChI is InChI=1S/C10H10N4O2/c1-14-9(3-5-12-14)13-10(16)7-2-4-11-6-8(7)15/h2-6,15H,1H3,(H,13,16). The maximum Gasteiger partial charge on any atom is 0.260 e. The number of aryl methyl sites for hydroxylation is 1. The summed E-state index contributed by atoms with van der Waals surface area (Å²) in [7, 11) is 1.71. The first-order valence-electron chi connectivity index (χ1n) is 4.61. The van der Waals surface area contributed by atoms with Gasteiger partial charge < -0.3 is 10.4 Å². The van der Waals surface area contributed by atoms with Gasteiger partial charge in [0.2, 0.25) is 0 Å². The van der Waals surface area contributed by atoms with Crippen LogP contribution in [0.4, 0.5) is 5.82 Å². The molecule has 0 aliphatic carbocycles. The summed E-state index contributed by atoms with van der Waals surface area (Å²) in [6.45, 7) is 0. The molecule has 0 saturated carbocycles. The van der Waals surface area contributed by atoms with Crippen molar-refractivity contribution < 1.29 is 9.90 Å². The molecule has 0 aliphatic rings. The van der Waals surface area contributed by atoms with Gasteiger partial charge >= 0.3 is 0 Å². The minimum atomic E-state index is -0.400.